The first-order chi connectivity index (χ1) is 9.54. The number of aryl methyl sites for hydroxylation is 2. The zero-order chi connectivity index (χ0) is 14.5. The van der Waals surface area contributed by atoms with E-state index in [2.05, 4.69) is 58.6 Å². The van der Waals surface area contributed by atoms with Gasteiger partial charge >= 0.3 is 0 Å². The van der Waals surface area contributed by atoms with Crippen LogP contribution in [-0.2, 0) is 0 Å². The summed E-state index contributed by atoms with van der Waals surface area (Å²) in [5, 5.41) is 4.17. The first kappa shape index (κ1) is 14.2. The van der Waals surface area contributed by atoms with Crippen molar-refractivity contribution in [2.24, 2.45) is 5.10 Å². The number of hydrogen-bond acceptors (Lipinski definition) is 4. The molecule has 1 aromatic carbocycles. The molecule has 0 saturated heterocycles. The number of hydrogen-bond donors (Lipinski definition) is 1. The monoisotopic (exact) mass is 268 g/mol. The number of nitrogens with one attached hydrogen (secondary N) is 1. The summed E-state index contributed by atoms with van der Waals surface area (Å²) in [7, 11) is 0. The van der Waals surface area contributed by atoms with Gasteiger partial charge in [-0.3, -0.25) is 0 Å². The molecule has 0 spiro atoms. The van der Waals surface area contributed by atoms with Gasteiger partial charge in [-0.1, -0.05) is 38.1 Å². The van der Waals surface area contributed by atoms with Crippen LogP contribution in [0.5, 0.6) is 0 Å². The average Bonchev–Trinajstić information content (AvgIpc) is 2.38. The number of aromatic nitrogens is 2. The molecule has 0 bridgehead atoms. The Morgan fingerprint density at radius 3 is 2.20 bits per heavy atom. The van der Waals surface area contributed by atoms with Gasteiger partial charge in [-0.15, -0.1) is 0 Å². The summed E-state index contributed by atoms with van der Waals surface area (Å²) in [5.74, 6) is 1.07. The molecule has 0 fully saturated rings. The van der Waals surface area contributed by atoms with Crippen molar-refractivity contribution < 1.29 is 0 Å². The van der Waals surface area contributed by atoms with E-state index in [-0.39, 0.29) is 0 Å². The van der Waals surface area contributed by atoms with E-state index < -0.39 is 0 Å². The minimum Gasteiger partial charge on any atom is -0.245 e. The van der Waals surface area contributed by atoms with Gasteiger partial charge in [-0.2, -0.15) is 5.10 Å². The maximum absolute atomic E-state index is 4.27. The van der Waals surface area contributed by atoms with Gasteiger partial charge in [-0.05, 0) is 37.0 Å². The molecule has 0 radical (unpaired) electrons. The summed E-state index contributed by atoms with van der Waals surface area (Å²) in [5.41, 5.74) is 7.09. The molecular formula is C16H20N4. The van der Waals surface area contributed by atoms with Gasteiger partial charge in [0.05, 0.1) is 6.21 Å². The molecule has 0 aliphatic rings. The van der Waals surface area contributed by atoms with Crippen molar-refractivity contribution in [3.05, 3.63) is 52.8 Å². The third-order valence-electron chi connectivity index (χ3n) is 2.96. The Balaban J connectivity index is 2.02. The molecule has 4 heteroatoms. The van der Waals surface area contributed by atoms with Crippen LogP contribution in [0.25, 0.3) is 0 Å². The van der Waals surface area contributed by atoms with E-state index in [1.54, 1.807) is 6.21 Å². The lowest BCUT2D eigenvalue weighted by molar-refractivity contribution is 0.866. The van der Waals surface area contributed by atoms with Gasteiger partial charge in [0, 0.05) is 11.4 Å². The van der Waals surface area contributed by atoms with Crippen LogP contribution in [0, 0.1) is 13.8 Å². The van der Waals surface area contributed by atoms with E-state index in [1.807, 2.05) is 19.9 Å². The summed E-state index contributed by atoms with van der Waals surface area (Å²) >= 11 is 0. The Morgan fingerprint density at radius 2 is 1.65 bits per heavy atom. The fourth-order valence-corrected chi connectivity index (χ4v) is 1.91. The Morgan fingerprint density at radius 1 is 1.05 bits per heavy atom. The molecule has 1 N–H and O–H groups in total. The zero-order valence-corrected chi connectivity index (χ0v) is 12.4. The summed E-state index contributed by atoms with van der Waals surface area (Å²) in [6.07, 6.45) is 1.77. The van der Waals surface area contributed by atoms with Crippen LogP contribution in [0.1, 0.15) is 42.3 Å². The number of rotatable bonds is 4. The van der Waals surface area contributed by atoms with E-state index in [9.17, 15) is 0 Å². The fraction of sp³-hybridized carbons (Fsp3) is 0.312. The van der Waals surface area contributed by atoms with Crippen molar-refractivity contribution in [2.75, 3.05) is 5.43 Å². The number of anilines is 1. The van der Waals surface area contributed by atoms with Crippen LogP contribution in [-0.4, -0.2) is 16.2 Å². The normalized spacial score (nSPS) is 11.2. The SMILES string of the molecule is Cc1cc(C)nc(N/N=C\c2ccc(C(C)C)cc2)n1. The van der Waals surface area contributed by atoms with Gasteiger partial charge in [0.15, 0.2) is 0 Å². The molecule has 0 saturated carbocycles. The van der Waals surface area contributed by atoms with Crippen LogP contribution in [0.4, 0.5) is 5.95 Å². The van der Waals surface area contributed by atoms with Crippen LogP contribution in [0.2, 0.25) is 0 Å². The molecule has 1 heterocycles. The first-order valence-corrected chi connectivity index (χ1v) is 6.76. The van der Waals surface area contributed by atoms with Gasteiger partial charge < -0.3 is 0 Å². The van der Waals surface area contributed by atoms with E-state index in [4.69, 9.17) is 0 Å². The summed E-state index contributed by atoms with van der Waals surface area (Å²) in [6, 6.07) is 10.3. The Labute approximate surface area is 120 Å². The van der Waals surface area contributed by atoms with Crippen molar-refractivity contribution in [3.63, 3.8) is 0 Å². The highest BCUT2D eigenvalue weighted by Crippen LogP contribution is 2.13. The first-order valence-electron chi connectivity index (χ1n) is 6.76. The summed E-state index contributed by atoms with van der Waals surface area (Å²) in [6.45, 7) is 8.24. The van der Waals surface area contributed by atoms with E-state index >= 15 is 0 Å². The van der Waals surface area contributed by atoms with Crippen LogP contribution >= 0.6 is 0 Å². The lowest BCUT2D eigenvalue weighted by Crippen LogP contribution is -1.99. The molecule has 20 heavy (non-hydrogen) atoms. The topological polar surface area (TPSA) is 50.2 Å². The van der Waals surface area contributed by atoms with Crippen LogP contribution < -0.4 is 5.43 Å². The highest BCUT2D eigenvalue weighted by atomic mass is 15.3. The third-order valence-corrected chi connectivity index (χ3v) is 2.96. The quantitative estimate of drug-likeness (QED) is 0.680. The molecule has 2 rings (SSSR count). The smallest absolute Gasteiger partial charge is 0.243 e. The van der Waals surface area contributed by atoms with E-state index in [1.165, 1.54) is 5.56 Å². The Bertz CT molecular complexity index is 580. The molecule has 2 aromatic rings. The van der Waals surface area contributed by atoms with Gasteiger partial charge in [0.2, 0.25) is 5.95 Å². The van der Waals surface area contributed by atoms with Crippen LogP contribution in [0.15, 0.2) is 35.4 Å². The Kier molecular flexibility index (Phi) is 4.45. The minimum atomic E-state index is 0.526. The molecule has 0 unspecified atom stereocenters. The van der Waals surface area contributed by atoms with Gasteiger partial charge in [-0.25, -0.2) is 15.4 Å². The lowest BCUT2D eigenvalue weighted by atomic mass is 10.0. The molecule has 0 amide bonds. The lowest BCUT2D eigenvalue weighted by Gasteiger charge is -2.04. The largest absolute Gasteiger partial charge is 0.245 e. The van der Waals surface area contributed by atoms with Gasteiger partial charge in [0.1, 0.15) is 0 Å². The van der Waals surface area contributed by atoms with Crippen molar-refractivity contribution in [3.8, 4) is 0 Å². The van der Waals surface area contributed by atoms with E-state index in [0.29, 0.717) is 11.9 Å². The molecule has 104 valence electrons. The van der Waals surface area contributed by atoms with Crippen molar-refractivity contribution in [1.29, 1.82) is 0 Å². The molecule has 4 nitrogen and oxygen atoms in total. The Hall–Kier alpha value is -2.23. The minimum absolute atomic E-state index is 0.526. The second-order valence-corrected chi connectivity index (χ2v) is 5.17. The predicted octanol–water partition coefficient (Wildman–Crippen LogP) is 3.66. The number of benzene rings is 1. The second-order valence-electron chi connectivity index (χ2n) is 5.17. The van der Waals surface area contributed by atoms with Gasteiger partial charge in [0.25, 0.3) is 0 Å². The van der Waals surface area contributed by atoms with Crippen molar-refractivity contribution in [1.82, 2.24) is 9.97 Å². The van der Waals surface area contributed by atoms with Crippen LogP contribution in [0.3, 0.4) is 0 Å². The zero-order valence-electron chi connectivity index (χ0n) is 12.4. The fourth-order valence-electron chi connectivity index (χ4n) is 1.91. The number of nitrogens with zero attached hydrogens (tertiary/aromatic N) is 3. The second kappa shape index (κ2) is 6.28. The summed E-state index contributed by atoms with van der Waals surface area (Å²) < 4.78 is 0. The predicted molar refractivity (Wildman–Crippen MR) is 83.3 cm³/mol. The third kappa shape index (κ3) is 3.88. The maximum Gasteiger partial charge on any atom is 0.243 e. The van der Waals surface area contributed by atoms with Crippen molar-refractivity contribution in [2.45, 2.75) is 33.6 Å². The molecular weight excluding hydrogens is 248 g/mol. The molecule has 0 atom stereocenters. The van der Waals surface area contributed by atoms with Crippen molar-refractivity contribution >= 4 is 12.2 Å². The average molecular weight is 268 g/mol. The molecule has 1 aromatic heterocycles. The highest BCUT2D eigenvalue weighted by molar-refractivity contribution is 5.80. The summed E-state index contributed by atoms with van der Waals surface area (Å²) in [4.78, 5) is 8.53. The standard InChI is InChI=1S/C16H20N4/c1-11(2)15-7-5-14(6-8-15)10-17-20-16-18-12(3)9-13(4)19-16/h5-11H,1-4H3,(H,18,19,20)/b17-10-. The maximum atomic E-state index is 4.27. The van der Waals surface area contributed by atoms with E-state index in [0.717, 1.165) is 17.0 Å². The highest BCUT2D eigenvalue weighted by Gasteiger charge is 1.98. The number of hydrazone groups is 1. The molecule has 0 aliphatic carbocycles. The molecule has 0 aliphatic heterocycles.